The Kier molecular flexibility index (Phi) is 5.45. The second-order valence-corrected chi connectivity index (χ2v) is 7.18. The quantitative estimate of drug-likeness (QED) is 0.856. The van der Waals surface area contributed by atoms with Crippen molar-refractivity contribution in [2.45, 2.75) is 64.0 Å². The van der Waals surface area contributed by atoms with Crippen molar-refractivity contribution >= 4 is 0 Å². The van der Waals surface area contributed by atoms with E-state index in [1.54, 1.807) is 11.1 Å². The van der Waals surface area contributed by atoms with Crippen LogP contribution in [0, 0.1) is 0 Å². The molecular formula is C19H32N2. The minimum Gasteiger partial charge on any atom is -0.312 e. The van der Waals surface area contributed by atoms with E-state index >= 15 is 0 Å². The van der Waals surface area contributed by atoms with Crippen molar-refractivity contribution in [1.82, 2.24) is 10.2 Å². The summed E-state index contributed by atoms with van der Waals surface area (Å²) < 4.78 is 0. The Bertz CT molecular complexity index is 451. The van der Waals surface area contributed by atoms with Crippen LogP contribution in [0.4, 0.5) is 0 Å². The lowest BCUT2D eigenvalue weighted by molar-refractivity contribution is 0.127. The van der Waals surface area contributed by atoms with Gasteiger partial charge in [-0.2, -0.15) is 0 Å². The van der Waals surface area contributed by atoms with Crippen LogP contribution >= 0.6 is 0 Å². The fourth-order valence-electron chi connectivity index (χ4n) is 3.56. The van der Waals surface area contributed by atoms with E-state index in [1.807, 2.05) is 0 Å². The van der Waals surface area contributed by atoms with Crippen molar-refractivity contribution in [3.05, 3.63) is 35.4 Å². The van der Waals surface area contributed by atoms with E-state index in [0.29, 0.717) is 12.0 Å². The zero-order valence-corrected chi connectivity index (χ0v) is 14.4. The van der Waals surface area contributed by atoms with Gasteiger partial charge in [0, 0.05) is 11.6 Å². The number of aryl methyl sites for hydroxylation is 1. The standard InChI is InChI=1S/C19H32N2/c1-6-20-18(19(2,3)21(4)5)14-16-12-9-11-15-10-7-8-13-17(15)16/h7-8,10,13,16,18,20H,6,9,11-12,14H2,1-5H3. The molecule has 21 heavy (non-hydrogen) atoms. The summed E-state index contributed by atoms with van der Waals surface area (Å²) in [7, 11) is 4.39. The average Bonchev–Trinajstić information content (AvgIpc) is 2.47. The summed E-state index contributed by atoms with van der Waals surface area (Å²) in [5.74, 6) is 0.707. The van der Waals surface area contributed by atoms with E-state index in [1.165, 1.54) is 25.7 Å². The van der Waals surface area contributed by atoms with Gasteiger partial charge in [-0.1, -0.05) is 31.2 Å². The highest BCUT2D eigenvalue weighted by atomic mass is 15.2. The van der Waals surface area contributed by atoms with Crippen molar-refractivity contribution in [1.29, 1.82) is 0 Å². The molecule has 2 atom stereocenters. The Morgan fingerprint density at radius 2 is 2.00 bits per heavy atom. The van der Waals surface area contributed by atoms with Crippen molar-refractivity contribution in [2.75, 3.05) is 20.6 Å². The van der Waals surface area contributed by atoms with Gasteiger partial charge in [0.15, 0.2) is 0 Å². The molecule has 1 aromatic carbocycles. The maximum Gasteiger partial charge on any atom is 0.0300 e. The van der Waals surface area contributed by atoms with Gasteiger partial charge >= 0.3 is 0 Å². The molecule has 0 heterocycles. The average molecular weight is 288 g/mol. The number of likely N-dealkylation sites (N-methyl/N-ethyl adjacent to an activating group) is 2. The van der Waals surface area contributed by atoms with Gasteiger partial charge in [0.1, 0.15) is 0 Å². The van der Waals surface area contributed by atoms with Gasteiger partial charge in [-0.05, 0) is 77.2 Å². The highest BCUT2D eigenvalue weighted by molar-refractivity contribution is 5.32. The fourth-order valence-corrected chi connectivity index (χ4v) is 3.56. The molecule has 0 aromatic heterocycles. The van der Waals surface area contributed by atoms with E-state index in [-0.39, 0.29) is 5.54 Å². The van der Waals surface area contributed by atoms with Gasteiger partial charge < -0.3 is 10.2 Å². The van der Waals surface area contributed by atoms with E-state index in [0.717, 1.165) is 6.54 Å². The maximum absolute atomic E-state index is 3.74. The Hall–Kier alpha value is -0.860. The Morgan fingerprint density at radius 3 is 2.67 bits per heavy atom. The first-order valence-electron chi connectivity index (χ1n) is 8.45. The Balaban J connectivity index is 2.18. The van der Waals surface area contributed by atoms with Gasteiger partial charge in [0.2, 0.25) is 0 Å². The third-order valence-corrected chi connectivity index (χ3v) is 5.47. The predicted octanol–water partition coefficient (Wildman–Crippen LogP) is 3.81. The number of benzene rings is 1. The number of nitrogens with zero attached hydrogens (tertiary/aromatic N) is 1. The first kappa shape index (κ1) is 16.5. The largest absolute Gasteiger partial charge is 0.312 e. The molecule has 1 aliphatic rings. The topological polar surface area (TPSA) is 15.3 Å². The van der Waals surface area contributed by atoms with Crippen LogP contribution < -0.4 is 5.32 Å². The SMILES string of the molecule is CCNC(CC1CCCc2ccccc21)C(C)(C)N(C)C. The van der Waals surface area contributed by atoms with Crippen molar-refractivity contribution in [3.8, 4) is 0 Å². The minimum absolute atomic E-state index is 0.169. The molecule has 2 nitrogen and oxygen atoms in total. The van der Waals surface area contributed by atoms with Crippen LogP contribution in [0.15, 0.2) is 24.3 Å². The minimum atomic E-state index is 0.169. The molecule has 1 N–H and O–H groups in total. The van der Waals surface area contributed by atoms with E-state index in [9.17, 15) is 0 Å². The van der Waals surface area contributed by atoms with Crippen LogP contribution in [0.3, 0.4) is 0 Å². The highest BCUT2D eigenvalue weighted by Gasteiger charge is 2.34. The van der Waals surface area contributed by atoms with Crippen LogP contribution in [0.2, 0.25) is 0 Å². The van der Waals surface area contributed by atoms with Crippen LogP contribution in [0.5, 0.6) is 0 Å². The fraction of sp³-hybridized carbons (Fsp3) is 0.684. The Labute approximate surface area is 130 Å². The monoisotopic (exact) mass is 288 g/mol. The third kappa shape index (κ3) is 3.67. The highest BCUT2D eigenvalue weighted by Crippen LogP contribution is 2.36. The molecule has 2 heteroatoms. The van der Waals surface area contributed by atoms with Gasteiger partial charge in [0.05, 0.1) is 0 Å². The molecule has 0 fully saturated rings. The molecule has 0 aliphatic heterocycles. The second kappa shape index (κ2) is 6.93. The lowest BCUT2D eigenvalue weighted by Crippen LogP contribution is -2.55. The number of hydrogen-bond donors (Lipinski definition) is 1. The number of hydrogen-bond acceptors (Lipinski definition) is 2. The van der Waals surface area contributed by atoms with Crippen LogP contribution in [0.25, 0.3) is 0 Å². The third-order valence-electron chi connectivity index (χ3n) is 5.47. The zero-order valence-electron chi connectivity index (χ0n) is 14.4. The normalized spacial score (nSPS) is 20.4. The molecule has 1 aromatic rings. The lowest BCUT2D eigenvalue weighted by Gasteiger charge is -2.43. The Morgan fingerprint density at radius 1 is 1.29 bits per heavy atom. The summed E-state index contributed by atoms with van der Waals surface area (Å²) in [4.78, 5) is 2.36. The van der Waals surface area contributed by atoms with E-state index in [4.69, 9.17) is 0 Å². The van der Waals surface area contributed by atoms with Crippen molar-refractivity contribution in [3.63, 3.8) is 0 Å². The summed E-state index contributed by atoms with van der Waals surface area (Å²) in [6, 6.07) is 9.59. The summed E-state index contributed by atoms with van der Waals surface area (Å²) >= 11 is 0. The first-order valence-corrected chi connectivity index (χ1v) is 8.45. The number of rotatable bonds is 6. The van der Waals surface area contributed by atoms with Crippen LogP contribution in [0.1, 0.15) is 57.1 Å². The molecule has 0 saturated carbocycles. The first-order chi connectivity index (χ1) is 9.96. The van der Waals surface area contributed by atoms with Crippen molar-refractivity contribution in [2.24, 2.45) is 0 Å². The van der Waals surface area contributed by atoms with Gasteiger partial charge in [0.25, 0.3) is 0 Å². The van der Waals surface area contributed by atoms with Gasteiger partial charge in [-0.25, -0.2) is 0 Å². The number of fused-ring (bicyclic) bond motifs is 1. The van der Waals surface area contributed by atoms with Gasteiger partial charge in [-0.3, -0.25) is 0 Å². The van der Waals surface area contributed by atoms with E-state index in [2.05, 4.69) is 69.3 Å². The molecule has 118 valence electrons. The molecule has 0 saturated heterocycles. The molecule has 2 rings (SSSR count). The summed E-state index contributed by atoms with van der Waals surface area (Å²) in [5.41, 5.74) is 3.34. The molecular weight excluding hydrogens is 256 g/mol. The molecule has 2 unspecified atom stereocenters. The lowest BCUT2D eigenvalue weighted by atomic mass is 9.76. The summed E-state index contributed by atoms with van der Waals surface area (Å²) in [5, 5.41) is 3.74. The van der Waals surface area contributed by atoms with Crippen molar-refractivity contribution < 1.29 is 0 Å². The second-order valence-electron chi connectivity index (χ2n) is 7.18. The molecule has 1 aliphatic carbocycles. The smallest absolute Gasteiger partial charge is 0.0300 e. The zero-order chi connectivity index (χ0) is 15.5. The predicted molar refractivity (Wildman–Crippen MR) is 92.0 cm³/mol. The number of nitrogens with one attached hydrogen (secondary N) is 1. The van der Waals surface area contributed by atoms with Crippen LogP contribution in [-0.2, 0) is 6.42 Å². The molecule has 0 spiro atoms. The molecule has 0 radical (unpaired) electrons. The molecule has 0 bridgehead atoms. The van der Waals surface area contributed by atoms with E-state index < -0.39 is 0 Å². The maximum atomic E-state index is 3.74. The van der Waals surface area contributed by atoms with Gasteiger partial charge in [-0.15, -0.1) is 0 Å². The summed E-state index contributed by atoms with van der Waals surface area (Å²) in [6.45, 7) is 7.97. The van der Waals surface area contributed by atoms with Crippen LogP contribution in [-0.4, -0.2) is 37.1 Å². The molecule has 0 amide bonds. The summed E-state index contributed by atoms with van der Waals surface area (Å²) in [6.07, 6.45) is 5.16.